The number of rotatable bonds is 1. The number of hydrogen-bond acceptors (Lipinski definition) is 1. The molecule has 2 aliphatic rings. The average molecular weight is 195 g/mol. The third kappa shape index (κ3) is 2.73. The Morgan fingerprint density at radius 3 is 2.07 bits per heavy atom. The van der Waals surface area contributed by atoms with E-state index < -0.39 is 0 Å². The van der Waals surface area contributed by atoms with E-state index in [2.05, 4.69) is 11.8 Å². The Hall–Kier alpha value is -0.0400. The van der Waals surface area contributed by atoms with Gasteiger partial charge >= 0.3 is 0 Å². The Balaban J connectivity index is 1.81. The minimum atomic E-state index is 0.945. The molecule has 2 fully saturated rings. The van der Waals surface area contributed by atoms with E-state index in [4.69, 9.17) is 0 Å². The van der Waals surface area contributed by atoms with E-state index in [9.17, 15) is 0 Å². The maximum atomic E-state index is 2.77. The van der Waals surface area contributed by atoms with Gasteiger partial charge in [0.1, 0.15) is 0 Å². The molecule has 0 radical (unpaired) electrons. The quantitative estimate of drug-likeness (QED) is 0.619. The second kappa shape index (κ2) is 5.16. The highest BCUT2D eigenvalue weighted by Gasteiger charge is 2.25. The van der Waals surface area contributed by atoms with Crippen LogP contribution >= 0.6 is 0 Å². The first-order chi connectivity index (χ1) is 6.86. The third-order valence-electron chi connectivity index (χ3n) is 4.05. The summed E-state index contributed by atoms with van der Waals surface area (Å²) in [5, 5.41) is 0. The molecule has 1 heterocycles. The van der Waals surface area contributed by atoms with Gasteiger partial charge in [-0.25, -0.2) is 0 Å². The van der Waals surface area contributed by atoms with Crippen molar-refractivity contribution in [1.82, 2.24) is 4.90 Å². The summed E-state index contributed by atoms with van der Waals surface area (Å²) in [7, 11) is 0. The monoisotopic (exact) mass is 195 g/mol. The molecule has 1 nitrogen and oxygen atoms in total. The lowest BCUT2D eigenvalue weighted by Crippen LogP contribution is -2.33. The smallest absolute Gasteiger partial charge is 0.00953 e. The number of hydrogen-bond donors (Lipinski definition) is 0. The van der Waals surface area contributed by atoms with Gasteiger partial charge in [-0.2, -0.15) is 0 Å². The topological polar surface area (TPSA) is 3.24 Å². The largest absolute Gasteiger partial charge is 0.300 e. The van der Waals surface area contributed by atoms with Gasteiger partial charge < -0.3 is 4.90 Å². The standard InChI is InChI=1S/C13H25N/c1-12-9-10-14(11-12)13-7-5-3-2-4-6-8-13/h12-13H,2-11H2,1H3. The van der Waals surface area contributed by atoms with Crippen LogP contribution in [0.25, 0.3) is 0 Å². The predicted octanol–water partition coefficient (Wildman–Crippen LogP) is 3.44. The van der Waals surface area contributed by atoms with E-state index in [0.29, 0.717) is 0 Å². The van der Waals surface area contributed by atoms with Crippen molar-refractivity contribution in [2.45, 2.75) is 64.3 Å². The summed E-state index contributed by atoms with van der Waals surface area (Å²) in [4.78, 5) is 2.77. The Bertz CT molecular complexity index is 159. The van der Waals surface area contributed by atoms with Crippen molar-refractivity contribution in [3.05, 3.63) is 0 Å². The fraction of sp³-hybridized carbons (Fsp3) is 1.00. The maximum Gasteiger partial charge on any atom is 0.00953 e. The van der Waals surface area contributed by atoms with E-state index in [0.717, 1.165) is 12.0 Å². The van der Waals surface area contributed by atoms with Gasteiger partial charge in [0, 0.05) is 12.6 Å². The van der Waals surface area contributed by atoms with Gasteiger partial charge in [-0.1, -0.05) is 39.0 Å². The molecule has 0 aromatic carbocycles. The summed E-state index contributed by atoms with van der Waals surface area (Å²) in [6.45, 7) is 5.17. The van der Waals surface area contributed by atoms with E-state index in [1.807, 2.05) is 0 Å². The summed E-state index contributed by atoms with van der Waals surface area (Å²) in [6, 6.07) is 0.945. The summed E-state index contributed by atoms with van der Waals surface area (Å²) in [6.07, 6.45) is 11.8. The van der Waals surface area contributed by atoms with Crippen LogP contribution in [0.2, 0.25) is 0 Å². The fourth-order valence-corrected chi connectivity index (χ4v) is 3.10. The first kappa shape index (κ1) is 10.5. The van der Waals surface area contributed by atoms with Crippen LogP contribution < -0.4 is 0 Å². The van der Waals surface area contributed by atoms with Gasteiger partial charge in [0.25, 0.3) is 0 Å². The zero-order valence-electron chi connectivity index (χ0n) is 9.67. The molecule has 0 N–H and O–H groups in total. The molecule has 1 unspecified atom stereocenters. The first-order valence-electron chi connectivity index (χ1n) is 6.60. The molecule has 1 heteroatoms. The molecule has 1 aliphatic heterocycles. The van der Waals surface area contributed by atoms with Crippen LogP contribution in [-0.4, -0.2) is 24.0 Å². The zero-order valence-corrected chi connectivity index (χ0v) is 9.67. The molecule has 1 atom stereocenters. The zero-order chi connectivity index (χ0) is 9.80. The molecular formula is C13H25N. The molecule has 14 heavy (non-hydrogen) atoms. The van der Waals surface area contributed by atoms with Gasteiger partial charge in [-0.3, -0.25) is 0 Å². The van der Waals surface area contributed by atoms with Gasteiger partial charge in [0.15, 0.2) is 0 Å². The summed E-state index contributed by atoms with van der Waals surface area (Å²) in [5.74, 6) is 0.959. The molecule has 0 aromatic heterocycles. The molecule has 0 amide bonds. The fourth-order valence-electron chi connectivity index (χ4n) is 3.10. The van der Waals surface area contributed by atoms with Crippen LogP contribution in [0, 0.1) is 5.92 Å². The van der Waals surface area contributed by atoms with E-state index in [1.54, 1.807) is 0 Å². The normalized spacial score (nSPS) is 32.8. The second-order valence-electron chi connectivity index (χ2n) is 5.39. The molecule has 1 saturated heterocycles. The van der Waals surface area contributed by atoms with Crippen molar-refractivity contribution < 1.29 is 0 Å². The van der Waals surface area contributed by atoms with Crippen molar-refractivity contribution in [1.29, 1.82) is 0 Å². The van der Waals surface area contributed by atoms with Gasteiger partial charge in [0.2, 0.25) is 0 Å². The Labute approximate surface area is 88.9 Å². The lowest BCUT2D eigenvalue weighted by atomic mass is 9.96. The lowest BCUT2D eigenvalue weighted by Gasteiger charge is -2.29. The van der Waals surface area contributed by atoms with Crippen LogP contribution in [0.15, 0.2) is 0 Å². The highest BCUT2D eigenvalue weighted by molar-refractivity contribution is 4.80. The number of likely N-dealkylation sites (tertiary alicyclic amines) is 1. The van der Waals surface area contributed by atoms with Crippen molar-refractivity contribution in [3.63, 3.8) is 0 Å². The van der Waals surface area contributed by atoms with Crippen molar-refractivity contribution >= 4 is 0 Å². The first-order valence-corrected chi connectivity index (χ1v) is 6.60. The Morgan fingerprint density at radius 1 is 0.857 bits per heavy atom. The molecule has 1 aliphatic carbocycles. The molecular weight excluding hydrogens is 170 g/mol. The Morgan fingerprint density at radius 2 is 1.50 bits per heavy atom. The van der Waals surface area contributed by atoms with Crippen LogP contribution in [0.5, 0.6) is 0 Å². The van der Waals surface area contributed by atoms with Crippen LogP contribution in [-0.2, 0) is 0 Å². The highest BCUT2D eigenvalue weighted by Crippen LogP contribution is 2.26. The second-order valence-corrected chi connectivity index (χ2v) is 5.39. The predicted molar refractivity (Wildman–Crippen MR) is 61.5 cm³/mol. The summed E-state index contributed by atoms with van der Waals surface area (Å²) < 4.78 is 0. The third-order valence-corrected chi connectivity index (χ3v) is 4.05. The lowest BCUT2D eigenvalue weighted by molar-refractivity contribution is 0.197. The molecule has 0 aromatic rings. The average Bonchev–Trinajstić information content (AvgIpc) is 2.51. The Kier molecular flexibility index (Phi) is 3.86. The molecule has 2 rings (SSSR count). The minimum Gasteiger partial charge on any atom is -0.300 e. The minimum absolute atomic E-state index is 0.945. The van der Waals surface area contributed by atoms with Crippen molar-refractivity contribution in [3.8, 4) is 0 Å². The van der Waals surface area contributed by atoms with Gasteiger partial charge in [0.05, 0.1) is 0 Å². The van der Waals surface area contributed by atoms with Crippen molar-refractivity contribution in [2.75, 3.05) is 13.1 Å². The molecule has 0 bridgehead atoms. The van der Waals surface area contributed by atoms with Crippen LogP contribution in [0.4, 0.5) is 0 Å². The SMILES string of the molecule is CC1CCN(C2CCCCCCC2)C1. The van der Waals surface area contributed by atoms with E-state index in [-0.39, 0.29) is 0 Å². The maximum absolute atomic E-state index is 2.77. The van der Waals surface area contributed by atoms with Crippen LogP contribution in [0.3, 0.4) is 0 Å². The highest BCUT2D eigenvalue weighted by atomic mass is 15.2. The summed E-state index contributed by atoms with van der Waals surface area (Å²) in [5.41, 5.74) is 0. The van der Waals surface area contributed by atoms with E-state index >= 15 is 0 Å². The number of nitrogens with zero attached hydrogens (tertiary/aromatic N) is 1. The van der Waals surface area contributed by atoms with Gasteiger partial charge in [-0.15, -0.1) is 0 Å². The molecule has 1 saturated carbocycles. The van der Waals surface area contributed by atoms with E-state index in [1.165, 1.54) is 64.5 Å². The molecule has 82 valence electrons. The summed E-state index contributed by atoms with van der Waals surface area (Å²) >= 11 is 0. The molecule has 0 spiro atoms. The van der Waals surface area contributed by atoms with Crippen molar-refractivity contribution in [2.24, 2.45) is 5.92 Å². The van der Waals surface area contributed by atoms with Crippen LogP contribution in [0.1, 0.15) is 58.3 Å². The van der Waals surface area contributed by atoms with Gasteiger partial charge in [-0.05, 0) is 31.7 Å².